The number of rotatable bonds is 8. The molecule has 0 spiro atoms. The van der Waals surface area contributed by atoms with Crippen LogP contribution in [-0.4, -0.2) is 0 Å². The third-order valence-corrected chi connectivity index (χ3v) is 5.47. The molecule has 17 heavy (non-hydrogen) atoms. The summed E-state index contributed by atoms with van der Waals surface area (Å²) in [7, 11) is 0. The quantitative estimate of drug-likeness (QED) is 0.477. The topological polar surface area (TPSA) is 0 Å². The van der Waals surface area contributed by atoms with Crippen LogP contribution >= 0.6 is 0 Å². The van der Waals surface area contributed by atoms with Crippen molar-refractivity contribution in [2.75, 3.05) is 0 Å². The fourth-order valence-corrected chi connectivity index (χ4v) is 3.16. The maximum Gasteiger partial charge on any atom is -0.0300 e. The first-order valence-electron chi connectivity index (χ1n) is 7.77. The summed E-state index contributed by atoms with van der Waals surface area (Å²) in [5.41, 5.74) is 0.472. The molecule has 0 saturated heterocycles. The van der Waals surface area contributed by atoms with Gasteiger partial charge in [0.15, 0.2) is 0 Å². The van der Waals surface area contributed by atoms with E-state index >= 15 is 0 Å². The minimum absolute atomic E-state index is 0.472. The van der Waals surface area contributed by atoms with Gasteiger partial charge in [-0.15, -0.1) is 0 Å². The maximum absolute atomic E-state index is 2.47. The van der Waals surface area contributed by atoms with Crippen molar-refractivity contribution in [3.63, 3.8) is 0 Å². The standard InChI is InChI=1S/C17H36/c1-9-11-13(3)12-14(4)16(6)17(7,8)15(5)10-2/h13-16H,9-12H2,1-8H3. The van der Waals surface area contributed by atoms with Crippen LogP contribution in [0, 0.1) is 29.1 Å². The summed E-state index contributed by atoms with van der Waals surface area (Å²) >= 11 is 0. The van der Waals surface area contributed by atoms with Gasteiger partial charge in [0.25, 0.3) is 0 Å². The molecule has 0 aromatic carbocycles. The van der Waals surface area contributed by atoms with Gasteiger partial charge in [0, 0.05) is 0 Å². The Morgan fingerprint density at radius 2 is 1.47 bits per heavy atom. The van der Waals surface area contributed by atoms with Crippen molar-refractivity contribution >= 4 is 0 Å². The van der Waals surface area contributed by atoms with E-state index in [4.69, 9.17) is 0 Å². The van der Waals surface area contributed by atoms with Crippen LogP contribution in [0.25, 0.3) is 0 Å². The molecule has 0 aromatic rings. The lowest BCUT2D eigenvalue weighted by molar-refractivity contribution is 0.0826. The van der Waals surface area contributed by atoms with Gasteiger partial charge < -0.3 is 0 Å². The van der Waals surface area contributed by atoms with Gasteiger partial charge in [-0.3, -0.25) is 0 Å². The van der Waals surface area contributed by atoms with E-state index in [1.54, 1.807) is 0 Å². The predicted molar refractivity (Wildman–Crippen MR) is 80.3 cm³/mol. The van der Waals surface area contributed by atoms with Crippen LogP contribution < -0.4 is 0 Å². The summed E-state index contributed by atoms with van der Waals surface area (Å²) in [6.07, 6.45) is 5.42. The second-order valence-electron chi connectivity index (χ2n) is 7.03. The van der Waals surface area contributed by atoms with Gasteiger partial charge in [-0.1, -0.05) is 74.7 Å². The zero-order valence-corrected chi connectivity index (χ0v) is 13.6. The Morgan fingerprint density at radius 1 is 0.941 bits per heavy atom. The highest BCUT2D eigenvalue weighted by Gasteiger charge is 2.34. The van der Waals surface area contributed by atoms with E-state index < -0.39 is 0 Å². The summed E-state index contributed by atoms with van der Waals surface area (Å²) in [6, 6.07) is 0. The van der Waals surface area contributed by atoms with Crippen LogP contribution in [0.3, 0.4) is 0 Å². The Morgan fingerprint density at radius 3 is 1.88 bits per heavy atom. The molecule has 0 aromatic heterocycles. The Bertz CT molecular complexity index is 192. The van der Waals surface area contributed by atoms with Crippen molar-refractivity contribution in [2.24, 2.45) is 29.1 Å². The smallest absolute Gasteiger partial charge is 0.0300 e. The summed E-state index contributed by atoms with van der Waals surface area (Å²) < 4.78 is 0. The molecular weight excluding hydrogens is 204 g/mol. The van der Waals surface area contributed by atoms with E-state index in [9.17, 15) is 0 Å². The Hall–Kier alpha value is 0. The highest BCUT2D eigenvalue weighted by Crippen LogP contribution is 2.42. The molecule has 0 nitrogen and oxygen atoms in total. The molecule has 0 heteroatoms. The third-order valence-electron chi connectivity index (χ3n) is 5.47. The molecule has 0 fully saturated rings. The summed E-state index contributed by atoms with van der Waals surface area (Å²) in [4.78, 5) is 0. The van der Waals surface area contributed by atoms with Crippen molar-refractivity contribution in [3.8, 4) is 0 Å². The van der Waals surface area contributed by atoms with Crippen molar-refractivity contribution < 1.29 is 0 Å². The van der Waals surface area contributed by atoms with E-state index in [2.05, 4.69) is 55.4 Å². The largest absolute Gasteiger partial charge is 0.0654 e. The molecule has 104 valence electrons. The van der Waals surface area contributed by atoms with E-state index in [1.807, 2.05) is 0 Å². The second kappa shape index (κ2) is 7.44. The molecule has 0 aliphatic heterocycles. The molecule has 0 heterocycles. The molecule has 0 saturated carbocycles. The average Bonchev–Trinajstić information content (AvgIpc) is 2.26. The fourth-order valence-electron chi connectivity index (χ4n) is 3.16. The molecule has 0 N–H and O–H groups in total. The first-order chi connectivity index (χ1) is 7.77. The van der Waals surface area contributed by atoms with Gasteiger partial charge in [0.1, 0.15) is 0 Å². The maximum atomic E-state index is 2.47. The van der Waals surface area contributed by atoms with Gasteiger partial charge >= 0.3 is 0 Å². The first kappa shape index (κ1) is 17.0. The lowest BCUT2D eigenvalue weighted by Gasteiger charge is -2.41. The zero-order chi connectivity index (χ0) is 13.6. The van der Waals surface area contributed by atoms with Gasteiger partial charge in [0.05, 0.1) is 0 Å². The Labute approximate surface area is 111 Å². The van der Waals surface area contributed by atoms with E-state index in [0.717, 1.165) is 23.7 Å². The van der Waals surface area contributed by atoms with Crippen LogP contribution in [0.15, 0.2) is 0 Å². The molecule has 0 aliphatic rings. The number of hydrogen-bond donors (Lipinski definition) is 0. The summed E-state index contributed by atoms with van der Waals surface area (Å²) in [6.45, 7) is 19.3. The molecule has 0 amide bonds. The van der Waals surface area contributed by atoms with Gasteiger partial charge in [-0.05, 0) is 35.5 Å². The molecule has 0 rings (SSSR count). The fraction of sp³-hybridized carbons (Fsp3) is 1.00. The van der Waals surface area contributed by atoms with Crippen LogP contribution in [0.5, 0.6) is 0 Å². The summed E-state index contributed by atoms with van der Waals surface area (Å²) in [5, 5.41) is 0. The molecule has 0 radical (unpaired) electrons. The predicted octanol–water partition coefficient (Wildman–Crippen LogP) is 6.16. The van der Waals surface area contributed by atoms with Crippen molar-refractivity contribution in [3.05, 3.63) is 0 Å². The normalized spacial score (nSPS) is 19.8. The molecular formula is C17H36. The minimum atomic E-state index is 0.472. The van der Waals surface area contributed by atoms with Gasteiger partial charge in [0.2, 0.25) is 0 Å². The van der Waals surface area contributed by atoms with Crippen LogP contribution in [0.4, 0.5) is 0 Å². The third kappa shape index (κ3) is 5.02. The Kier molecular flexibility index (Phi) is 7.44. The lowest BCUT2D eigenvalue weighted by Crippen LogP contribution is -2.33. The molecule has 0 bridgehead atoms. The first-order valence-corrected chi connectivity index (χ1v) is 7.77. The molecule has 4 atom stereocenters. The van der Waals surface area contributed by atoms with Crippen LogP contribution in [0.2, 0.25) is 0 Å². The van der Waals surface area contributed by atoms with Crippen molar-refractivity contribution in [1.82, 2.24) is 0 Å². The van der Waals surface area contributed by atoms with E-state index in [1.165, 1.54) is 25.7 Å². The van der Waals surface area contributed by atoms with Crippen molar-refractivity contribution in [1.29, 1.82) is 0 Å². The van der Waals surface area contributed by atoms with Gasteiger partial charge in [-0.2, -0.15) is 0 Å². The lowest BCUT2D eigenvalue weighted by atomic mass is 9.64. The van der Waals surface area contributed by atoms with Crippen LogP contribution in [-0.2, 0) is 0 Å². The SMILES string of the molecule is CCCC(C)CC(C)C(C)C(C)(C)C(C)CC. The number of hydrogen-bond acceptors (Lipinski definition) is 0. The zero-order valence-electron chi connectivity index (χ0n) is 13.6. The highest BCUT2D eigenvalue weighted by atomic mass is 14.4. The highest BCUT2D eigenvalue weighted by molar-refractivity contribution is 4.83. The Balaban J connectivity index is 4.42. The molecule has 0 aliphatic carbocycles. The van der Waals surface area contributed by atoms with E-state index in [0.29, 0.717) is 5.41 Å². The summed E-state index contributed by atoms with van der Waals surface area (Å²) in [5.74, 6) is 3.38. The van der Waals surface area contributed by atoms with E-state index in [-0.39, 0.29) is 0 Å². The van der Waals surface area contributed by atoms with Crippen LogP contribution in [0.1, 0.15) is 81.1 Å². The van der Waals surface area contributed by atoms with Gasteiger partial charge in [-0.25, -0.2) is 0 Å². The second-order valence-corrected chi connectivity index (χ2v) is 7.03. The average molecular weight is 240 g/mol. The van der Waals surface area contributed by atoms with Crippen molar-refractivity contribution in [2.45, 2.75) is 81.1 Å². The minimum Gasteiger partial charge on any atom is -0.0654 e. The molecule has 4 unspecified atom stereocenters. The monoisotopic (exact) mass is 240 g/mol.